The van der Waals surface area contributed by atoms with E-state index in [1.165, 1.54) is 18.4 Å². The summed E-state index contributed by atoms with van der Waals surface area (Å²) < 4.78 is 13.7. The van der Waals surface area contributed by atoms with Gasteiger partial charge in [-0.3, -0.25) is 0 Å². The quantitative estimate of drug-likeness (QED) is 0.725. The first-order valence-corrected chi connectivity index (χ1v) is 9.66. The van der Waals surface area contributed by atoms with E-state index >= 15 is 0 Å². The lowest BCUT2D eigenvalue weighted by Crippen LogP contribution is -2.13. The van der Waals surface area contributed by atoms with Crippen LogP contribution >= 0.6 is 7.14 Å². The molecule has 2 aromatic carbocycles. The van der Waals surface area contributed by atoms with Gasteiger partial charge in [0.1, 0.15) is 0 Å². The molecule has 0 unspecified atom stereocenters. The molecular weight excluding hydrogens is 287 g/mol. The highest BCUT2D eigenvalue weighted by atomic mass is 31.2. The molecule has 1 aliphatic carbocycles. The van der Waals surface area contributed by atoms with Gasteiger partial charge in [0.2, 0.25) is 0 Å². The molecule has 0 bridgehead atoms. The lowest BCUT2D eigenvalue weighted by molar-refractivity contribution is 0.592. The molecule has 2 aromatic rings. The Bertz CT molecular complexity index is 670. The third-order valence-corrected chi connectivity index (χ3v) is 6.80. The van der Waals surface area contributed by atoms with Gasteiger partial charge >= 0.3 is 0 Å². The number of rotatable bonds is 4. The van der Waals surface area contributed by atoms with Gasteiger partial charge in [0, 0.05) is 10.6 Å². The van der Waals surface area contributed by atoms with Crippen molar-refractivity contribution in [1.82, 2.24) is 0 Å². The Morgan fingerprint density at radius 2 is 1.41 bits per heavy atom. The maximum absolute atomic E-state index is 13.7. The van der Waals surface area contributed by atoms with E-state index in [-0.39, 0.29) is 0 Å². The Kier molecular flexibility index (Phi) is 4.75. The van der Waals surface area contributed by atoms with Crippen molar-refractivity contribution < 1.29 is 4.57 Å². The second-order valence-corrected chi connectivity index (χ2v) is 8.32. The second-order valence-electron chi connectivity index (χ2n) is 5.67. The molecule has 0 saturated heterocycles. The van der Waals surface area contributed by atoms with E-state index in [4.69, 9.17) is 0 Å². The Hall–Kier alpha value is -1.85. The Balaban J connectivity index is 2.02. The first-order valence-electron chi connectivity index (χ1n) is 7.88. The molecule has 1 nitrogen and oxygen atoms in total. The van der Waals surface area contributed by atoms with Crippen molar-refractivity contribution in [3.8, 4) is 0 Å². The van der Waals surface area contributed by atoms with Crippen molar-refractivity contribution in [3.05, 3.63) is 84.2 Å². The number of hydrogen-bond acceptors (Lipinski definition) is 1. The van der Waals surface area contributed by atoms with Crippen LogP contribution < -0.4 is 10.6 Å². The van der Waals surface area contributed by atoms with Gasteiger partial charge in [-0.15, -0.1) is 0 Å². The van der Waals surface area contributed by atoms with Crippen LogP contribution in [0.2, 0.25) is 0 Å². The Labute approximate surface area is 132 Å². The van der Waals surface area contributed by atoms with Crippen LogP contribution in [0.1, 0.15) is 25.7 Å². The van der Waals surface area contributed by atoms with Crippen LogP contribution in [-0.2, 0) is 4.57 Å². The molecule has 0 fully saturated rings. The van der Waals surface area contributed by atoms with Crippen molar-refractivity contribution in [3.63, 3.8) is 0 Å². The number of benzene rings is 2. The summed E-state index contributed by atoms with van der Waals surface area (Å²) in [5, 5.41) is 1.79. The molecular formula is C20H21OP. The van der Waals surface area contributed by atoms with Crippen LogP contribution in [0.4, 0.5) is 0 Å². The van der Waals surface area contributed by atoms with Crippen molar-refractivity contribution in [2.45, 2.75) is 25.7 Å². The molecule has 0 radical (unpaired) electrons. The normalized spacial score (nSPS) is 15.7. The third kappa shape index (κ3) is 3.31. The van der Waals surface area contributed by atoms with Gasteiger partial charge in [-0.1, -0.05) is 78.4 Å². The first-order chi connectivity index (χ1) is 10.8. The summed E-state index contributed by atoms with van der Waals surface area (Å²) in [6, 6.07) is 19.6. The molecule has 3 rings (SSSR count). The SMILES string of the molecule is O=P(C=CC1=CCCCC1)(c1ccccc1)c1ccccc1. The molecule has 0 aliphatic heterocycles. The molecule has 0 saturated carbocycles. The molecule has 0 amide bonds. The fourth-order valence-electron chi connectivity index (χ4n) is 2.84. The summed E-state index contributed by atoms with van der Waals surface area (Å²) in [6.45, 7) is 0. The lowest BCUT2D eigenvalue weighted by atomic mass is 10.00. The van der Waals surface area contributed by atoms with Crippen molar-refractivity contribution in [1.29, 1.82) is 0 Å². The van der Waals surface area contributed by atoms with Gasteiger partial charge < -0.3 is 4.57 Å². The third-order valence-electron chi connectivity index (χ3n) is 4.10. The fraction of sp³-hybridized carbons (Fsp3) is 0.200. The van der Waals surface area contributed by atoms with Crippen LogP contribution in [0.15, 0.2) is 84.2 Å². The minimum Gasteiger partial charge on any atom is -0.309 e. The maximum Gasteiger partial charge on any atom is 0.164 e. The number of hydrogen-bond donors (Lipinski definition) is 0. The molecule has 0 spiro atoms. The average molecular weight is 308 g/mol. The highest BCUT2D eigenvalue weighted by Gasteiger charge is 2.23. The monoisotopic (exact) mass is 308 g/mol. The Morgan fingerprint density at radius 3 is 1.91 bits per heavy atom. The van der Waals surface area contributed by atoms with Gasteiger partial charge in [-0.25, -0.2) is 0 Å². The van der Waals surface area contributed by atoms with Crippen LogP contribution in [0.25, 0.3) is 0 Å². The molecule has 1 aliphatic rings. The van der Waals surface area contributed by atoms with Gasteiger partial charge in [0.25, 0.3) is 0 Å². The molecule has 22 heavy (non-hydrogen) atoms. The van der Waals surface area contributed by atoms with Crippen molar-refractivity contribution in [2.75, 3.05) is 0 Å². The molecule has 2 heteroatoms. The summed E-state index contributed by atoms with van der Waals surface area (Å²) >= 11 is 0. The predicted molar refractivity (Wildman–Crippen MR) is 95.4 cm³/mol. The minimum atomic E-state index is -2.71. The number of allylic oxidation sites excluding steroid dienone is 3. The minimum absolute atomic E-state index is 0.897. The zero-order valence-electron chi connectivity index (χ0n) is 12.7. The standard InChI is InChI=1S/C20H21OP/c21-22(19-12-6-2-7-13-19,20-14-8-3-9-15-20)17-16-18-10-4-1-5-11-18/h2-3,6-10,12-17H,1,4-5,11H2. The highest BCUT2D eigenvalue weighted by molar-refractivity contribution is 7.81. The van der Waals surface area contributed by atoms with Gasteiger partial charge in [0.05, 0.1) is 0 Å². The van der Waals surface area contributed by atoms with Gasteiger partial charge in [-0.2, -0.15) is 0 Å². The van der Waals surface area contributed by atoms with Crippen molar-refractivity contribution >= 4 is 17.8 Å². The van der Waals surface area contributed by atoms with Crippen molar-refractivity contribution in [2.24, 2.45) is 0 Å². The van der Waals surface area contributed by atoms with E-state index in [0.717, 1.165) is 23.5 Å². The van der Waals surface area contributed by atoms with E-state index < -0.39 is 7.14 Å². The molecule has 112 valence electrons. The smallest absolute Gasteiger partial charge is 0.164 e. The first kappa shape index (κ1) is 15.1. The largest absolute Gasteiger partial charge is 0.309 e. The van der Waals surface area contributed by atoms with Crippen LogP contribution in [0.3, 0.4) is 0 Å². The summed E-state index contributed by atoms with van der Waals surface area (Å²) in [5.41, 5.74) is 1.32. The van der Waals surface area contributed by atoms with Gasteiger partial charge in [0.15, 0.2) is 7.14 Å². The van der Waals surface area contributed by atoms with E-state index in [0.29, 0.717) is 0 Å². The second kappa shape index (κ2) is 6.94. The van der Waals surface area contributed by atoms with Crippen LogP contribution in [-0.4, -0.2) is 0 Å². The lowest BCUT2D eigenvalue weighted by Gasteiger charge is -2.16. The summed E-state index contributed by atoms with van der Waals surface area (Å²) in [6.07, 6.45) is 9.10. The summed E-state index contributed by atoms with van der Waals surface area (Å²) in [4.78, 5) is 0. The van der Waals surface area contributed by atoms with E-state index in [1.54, 1.807) is 0 Å². The topological polar surface area (TPSA) is 17.1 Å². The Morgan fingerprint density at radius 1 is 0.818 bits per heavy atom. The fourth-order valence-corrected chi connectivity index (χ4v) is 5.11. The van der Waals surface area contributed by atoms with E-state index in [2.05, 4.69) is 12.2 Å². The highest BCUT2D eigenvalue weighted by Crippen LogP contribution is 2.45. The maximum atomic E-state index is 13.7. The zero-order valence-corrected chi connectivity index (χ0v) is 13.6. The summed E-state index contributed by atoms with van der Waals surface area (Å²) in [5.74, 6) is 1.94. The predicted octanol–water partition coefficient (Wildman–Crippen LogP) is 5.01. The molecule has 0 aromatic heterocycles. The average Bonchev–Trinajstić information content (AvgIpc) is 2.62. The zero-order chi connectivity index (χ0) is 15.3. The molecule has 0 atom stereocenters. The van der Waals surface area contributed by atoms with Crippen LogP contribution in [0, 0.1) is 0 Å². The summed E-state index contributed by atoms with van der Waals surface area (Å²) in [7, 11) is -2.71. The van der Waals surface area contributed by atoms with Crippen LogP contribution in [0.5, 0.6) is 0 Å². The molecule has 0 heterocycles. The van der Waals surface area contributed by atoms with E-state index in [9.17, 15) is 4.57 Å². The molecule has 0 N–H and O–H groups in total. The van der Waals surface area contributed by atoms with E-state index in [1.807, 2.05) is 66.5 Å². The van der Waals surface area contributed by atoms with Gasteiger partial charge in [-0.05, 0) is 31.5 Å².